The van der Waals surface area contributed by atoms with Crippen molar-refractivity contribution < 1.29 is 19.1 Å². The van der Waals surface area contributed by atoms with Gasteiger partial charge in [0.1, 0.15) is 12.4 Å². The number of hydrogen-bond donors (Lipinski definition) is 3. The number of amides is 2. The average Bonchev–Trinajstić information content (AvgIpc) is 3.06. The summed E-state index contributed by atoms with van der Waals surface area (Å²) in [5, 5.41) is 14.4. The van der Waals surface area contributed by atoms with Gasteiger partial charge in [0.05, 0.1) is 12.9 Å². The molecule has 2 aromatic rings. The second-order valence-corrected chi connectivity index (χ2v) is 5.64. The van der Waals surface area contributed by atoms with Gasteiger partial charge in [-0.3, -0.25) is 0 Å². The Morgan fingerprint density at radius 2 is 2.17 bits per heavy atom. The van der Waals surface area contributed by atoms with Crippen LogP contribution in [0.15, 0.2) is 47.1 Å². The molecular weight excluding hydrogens is 308 g/mol. The minimum Gasteiger partial charge on any atom is -0.467 e. The van der Waals surface area contributed by atoms with E-state index in [1.165, 1.54) is 0 Å². The molecule has 0 aliphatic heterocycles. The Morgan fingerprint density at radius 3 is 2.92 bits per heavy atom. The smallest absolute Gasteiger partial charge is 0.319 e. The topological polar surface area (TPSA) is 83.7 Å². The van der Waals surface area contributed by atoms with Crippen molar-refractivity contribution in [3.63, 3.8) is 0 Å². The number of rotatable bonds is 9. The third-order valence-corrected chi connectivity index (χ3v) is 3.45. The van der Waals surface area contributed by atoms with E-state index < -0.39 is 0 Å². The lowest BCUT2D eigenvalue weighted by atomic mass is 10.2. The number of hydrogen-bond acceptors (Lipinski definition) is 4. The zero-order chi connectivity index (χ0) is 17.2. The standard InChI is InChI=1S/C18H24N2O4/c1-14(5-3-9-21)19-18(22)20-16-7-2-6-15(11-16)12-23-13-17-8-4-10-24-17/h2,4,6-8,10-11,14,21H,3,5,9,12-13H2,1H3,(H2,19,20,22). The van der Waals surface area contributed by atoms with Gasteiger partial charge in [-0.15, -0.1) is 0 Å². The zero-order valence-corrected chi connectivity index (χ0v) is 13.8. The monoisotopic (exact) mass is 332 g/mol. The number of urea groups is 1. The molecule has 1 aromatic heterocycles. The summed E-state index contributed by atoms with van der Waals surface area (Å²) in [6.45, 7) is 2.89. The molecular formula is C18H24N2O4. The van der Waals surface area contributed by atoms with Gasteiger partial charge in [0.15, 0.2) is 0 Å². The normalized spacial score (nSPS) is 11.9. The lowest BCUT2D eigenvalue weighted by Crippen LogP contribution is -2.36. The maximum Gasteiger partial charge on any atom is 0.319 e. The van der Waals surface area contributed by atoms with Gasteiger partial charge in [-0.05, 0) is 49.6 Å². The second kappa shape index (κ2) is 9.75. The molecule has 0 aliphatic carbocycles. The van der Waals surface area contributed by atoms with Crippen molar-refractivity contribution in [3.05, 3.63) is 54.0 Å². The minimum atomic E-state index is -0.255. The largest absolute Gasteiger partial charge is 0.467 e. The van der Waals surface area contributed by atoms with Crippen LogP contribution in [0, 0.1) is 0 Å². The molecule has 24 heavy (non-hydrogen) atoms. The molecule has 3 N–H and O–H groups in total. The van der Waals surface area contributed by atoms with E-state index in [-0.39, 0.29) is 18.7 Å². The molecule has 1 aromatic carbocycles. The van der Waals surface area contributed by atoms with Crippen molar-refractivity contribution in [2.24, 2.45) is 0 Å². The SMILES string of the molecule is CC(CCCO)NC(=O)Nc1cccc(COCc2ccco2)c1. The van der Waals surface area contributed by atoms with Gasteiger partial charge in [-0.1, -0.05) is 12.1 Å². The van der Waals surface area contributed by atoms with Crippen LogP contribution in [-0.4, -0.2) is 23.8 Å². The number of aliphatic hydroxyl groups excluding tert-OH is 1. The molecule has 0 spiro atoms. The number of furan rings is 1. The molecule has 0 radical (unpaired) electrons. The lowest BCUT2D eigenvalue weighted by Gasteiger charge is -2.14. The van der Waals surface area contributed by atoms with Gasteiger partial charge >= 0.3 is 6.03 Å². The highest BCUT2D eigenvalue weighted by atomic mass is 16.5. The summed E-state index contributed by atoms with van der Waals surface area (Å²) in [6, 6.07) is 11.0. The van der Waals surface area contributed by atoms with Crippen LogP contribution in [0.25, 0.3) is 0 Å². The maximum absolute atomic E-state index is 11.9. The van der Waals surface area contributed by atoms with Gasteiger partial charge in [0.2, 0.25) is 0 Å². The van der Waals surface area contributed by atoms with Gasteiger partial charge in [-0.2, -0.15) is 0 Å². The van der Waals surface area contributed by atoms with Crippen molar-refractivity contribution in [1.29, 1.82) is 0 Å². The van der Waals surface area contributed by atoms with Gasteiger partial charge < -0.3 is 24.9 Å². The van der Waals surface area contributed by atoms with E-state index in [1.807, 2.05) is 43.3 Å². The van der Waals surface area contributed by atoms with Gasteiger partial charge in [0.25, 0.3) is 0 Å². The van der Waals surface area contributed by atoms with Crippen molar-refractivity contribution in [1.82, 2.24) is 5.32 Å². The molecule has 1 heterocycles. The van der Waals surface area contributed by atoms with Crippen LogP contribution in [-0.2, 0) is 18.0 Å². The highest BCUT2D eigenvalue weighted by Crippen LogP contribution is 2.13. The van der Waals surface area contributed by atoms with E-state index in [0.29, 0.717) is 25.3 Å². The third-order valence-electron chi connectivity index (χ3n) is 3.45. The summed E-state index contributed by atoms with van der Waals surface area (Å²) in [5.41, 5.74) is 1.67. The Bertz CT molecular complexity index is 613. The molecule has 0 bridgehead atoms. The number of anilines is 1. The molecule has 2 rings (SSSR count). The van der Waals surface area contributed by atoms with Crippen LogP contribution < -0.4 is 10.6 Å². The Kier molecular flexibility index (Phi) is 7.32. The Hall–Kier alpha value is -2.31. The van der Waals surface area contributed by atoms with E-state index in [9.17, 15) is 4.79 Å². The van der Waals surface area contributed by atoms with Crippen molar-refractivity contribution in [2.75, 3.05) is 11.9 Å². The average molecular weight is 332 g/mol. The Labute approximate surface area is 141 Å². The number of nitrogens with one attached hydrogen (secondary N) is 2. The van der Waals surface area contributed by atoms with Gasteiger partial charge in [0, 0.05) is 18.3 Å². The highest BCUT2D eigenvalue weighted by Gasteiger charge is 2.07. The first-order valence-corrected chi connectivity index (χ1v) is 8.05. The predicted molar refractivity (Wildman–Crippen MR) is 91.6 cm³/mol. The van der Waals surface area contributed by atoms with Crippen LogP contribution in [0.5, 0.6) is 0 Å². The van der Waals surface area contributed by atoms with Crippen molar-refractivity contribution >= 4 is 11.7 Å². The summed E-state index contributed by atoms with van der Waals surface area (Å²) in [5.74, 6) is 0.778. The third kappa shape index (κ3) is 6.44. The number of benzene rings is 1. The summed E-state index contributed by atoms with van der Waals surface area (Å²) in [7, 11) is 0. The number of ether oxygens (including phenoxy) is 1. The van der Waals surface area contributed by atoms with Gasteiger partial charge in [-0.25, -0.2) is 4.79 Å². The fraction of sp³-hybridized carbons (Fsp3) is 0.389. The number of carbonyl (C=O) groups excluding carboxylic acids is 1. The van der Waals surface area contributed by atoms with E-state index in [1.54, 1.807) is 6.26 Å². The molecule has 130 valence electrons. The summed E-state index contributed by atoms with van der Waals surface area (Å²) >= 11 is 0. The lowest BCUT2D eigenvalue weighted by molar-refractivity contribution is 0.0930. The minimum absolute atomic E-state index is 0.0111. The van der Waals surface area contributed by atoms with Crippen molar-refractivity contribution in [3.8, 4) is 0 Å². The molecule has 0 saturated heterocycles. The van der Waals surface area contributed by atoms with Crippen LogP contribution in [0.1, 0.15) is 31.1 Å². The van der Waals surface area contributed by atoms with Crippen LogP contribution in [0.2, 0.25) is 0 Å². The van der Waals surface area contributed by atoms with E-state index >= 15 is 0 Å². The fourth-order valence-electron chi connectivity index (χ4n) is 2.26. The van der Waals surface area contributed by atoms with E-state index in [2.05, 4.69) is 10.6 Å². The highest BCUT2D eigenvalue weighted by molar-refractivity contribution is 5.89. The first kappa shape index (κ1) is 18.0. The van der Waals surface area contributed by atoms with Crippen LogP contribution in [0.4, 0.5) is 10.5 Å². The van der Waals surface area contributed by atoms with Crippen LogP contribution in [0.3, 0.4) is 0 Å². The molecule has 0 saturated carbocycles. The second-order valence-electron chi connectivity index (χ2n) is 5.64. The Balaban J connectivity index is 1.77. The van der Waals surface area contributed by atoms with E-state index in [4.69, 9.17) is 14.3 Å². The summed E-state index contributed by atoms with van der Waals surface area (Å²) in [6.07, 6.45) is 3.03. The number of carbonyl (C=O) groups is 1. The van der Waals surface area contributed by atoms with Crippen LogP contribution >= 0.6 is 0 Å². The molecule has 1 unspecified atom stereocenters. The molecule has 6 heteroatoms. The molecule has 2 amide bonds. The summed E-state index contributed by atoms with van der Waals surface area (Å²) < 4.78 is 10.8. The summed E-state index contributed by atoms with van der Waals surface area (Å²) in [4.78, 5) is 11.9. The molecule has 0 fully saturated rings. The zero-order valence-electron chi connectivity index (χ0n) is 13.8. The fourth-order valence-corrected chi connectivity index (χ4v) is 2.26. The first-order chi connectivity index (χ1) is 11.7. The van der Waals surface area contributed by atoms with E-state index in [0.717, 1.165) is 17.7 Å². The molecule has 0 aliphatic rings. The molecule has 1 atom stereocenters. The predicted octanol–water partition coefficient (Wildman–Crippen LogP) is 3.28. The maximum atomic E-state index is 11.9. The first-order valence-electron chi connectivity index (χ1n) is 8.05. The Morgan fingerprint density at radius 1 is 1.29 bits per heavy atom. The number of aliphatic hydroxyl groups is 1. The van der Waals surface area contributed by atoms with Crippen molar-refractivity contribution in [2.45, 2.75) is 39.0 Å². The quantitative estimate of drug-likeness (QED) is 0.658. The molecule has 6 nitrogen and oxygen atoms in total.